The lowest BCUT2D eigenvalue weighted by molar-refractivity contribution is 0.0639. The molecule has 37 heavy (non-hydrogen) atoms. The highest BCUT2D eigenvalue weighted by Gasteiger charge is 2.37. The quantitative estimate of drug-likeness (QED) is 0.518. The number of fused-ring (bicyclic) bond motifs is 3. The molecule has 2 aliphatic rings. The van der Waals surface area contributed by atoms with E-state index in [9.17, 15) is 23.5 Å². The molecule has 0 unspecified atom stereocenters. The van der Waals surface area contributed by atoms with E-state index in [1.165, 1.54) is 4.90 Å². The average molecular weight is 530 g/mol. The summed E-state index contributed by atoms with van der Waals surface area (Å²) in [4.78, 5) is 34.2. The Morgan fingerprint density at radius 3 is 2.57 bits per heavy atom. The van der Waals surface area contributed by atoms with E-state index in [1.807, 2.05) is 13.0 Å². The molecule has 0 fully saturated rings. The topological polar surface area (TPSA) is 91.6 Å². The van der Waals surface area contributed by atoms with Gasteiger partial charge in [0.2, 0.25) is 0 Å². The fraction of sp³-hybridized carbons (Fsp3) is 0.385. The Balaban J connectivity index is 1.40. The van der Waals surface area contributed by atoms with E-state index in [1.54, 1.807) is 35.7 Å². The highest BCUT2D eigenvalue weighted by molar-refractivity contribution is 6.31. The van der Waals surface area contributed by atoms with Crippen LogP contribution in [-0.4, -0.2) is 54.6 Å². The number of carbonyl (C=O) groups excluding carboxylic acids is 2. The first-order valence-electron chi connectivity index (χ1n) is 11.9. The van der Waals surface area contributed by atoms with Gasteiger partial charge in [-0.25, -0.2) is 8.78 Å². The largest absolute Gasteiger partial charge is 0.384 e. The summed E-state index contributed by atoms with van der Waals surface area (Å²) in [7, 11) is 0. The molecular weight excluding hydrogens is 504 g/mol. The average Bonchev–Trinajstić information content (AvgIpc) is 3.24. The number of benzene rings is 1. The van der Waals surface area contributed by atoms with Crippen molar-refractivity contribution in [1.29, 1.82) is 0 Å². The first-order valence-corrected chi connectivity index (χ1v) is 12.3. The van der Waals surface area contributed by atoms with Crippen LogP contribution in [0.2, 0.25) is 5.02 Å². The molecule has 11 heteroatoms. The summed E-state index contributed by atoms with van der Waals surface area (Å²) in [6.07, 6.45) is 2.07. The van der Waals surface area contributed by atoms with E-state index in [0.717, 1.165) is 23.4 Å². The number of aromatic nitrogens is 3. The summed E-state index contributed by atoms with van der Waals surface area (Å²) in [5.41, 5.74) is 1.95. The van der Waals surface area contributed by atoms with Crippen LogP contribution >= 0.6 is 11.6 Å². The Bertz CT molecular complexity index is 1380. The van der Waals surface area contributed by atoms with Crippen LogP contribution in [0.5, 0.6) is 0 Å². The van der Waals surface area contributed by atoms with Gasteiger partial charge in [-0.1, -0.05) is 17.7 Å². The molecule has 0 radical (unpaired) electrons. The molecule has 5 rings (SSSR count). The van der Waals surface area contributed by atoms with Gasteiger partial charge in [-0.05, 0) is 44.5 Å². The number of halogens is 3. The van der Waals surface area contributed by atoms with Gasteiger partial charge in [-0.2, -0.15) is 5.10 Å². The van der Waals surface area contributed by atoms with Crippen LogP contribution in [-0.2, 0) is 25.1 Å². The first-order chi connectivity index (χ1) is 17.4. The molecule has 1 N–H and O–H groups in total. The van der Waals surface area contributed by atoms with Crippen LogP contribution < -0.4 is 0 Å². The number of hydrogen-bond acceptors (Lipinski definition) is 5. The lowest BCUT2D eigenvalue weighted by Gasteiger charge is -2.33. The molecule has 0 spiro atoms. The number of nitrogens with zero attached hydrogens (tertiary/aromatic N) is 5. The first kappa shape index (κ1) is 25.3. The molecule has 4 heterocycles. The molecular formula is C26H26ClF2N5O3. The monoisotopic (exact) mass is 529 g/mol. The van der Waals surface area contributed by atoms with Crippen LogP contribution in [0.3, 0.4) is 0 Å². The van der Waals surface area contributed by atoms with Crippen molar-refractivity contribution in [1.82, 2.24) is 24.6 Å². The van der Waals surface area contributed by atoms with Crippen LogP contribution in [0.4, 0.5) is 8.78 Å². The lowest BCUT2D eigenvalue weighted by atomic mass is 10.0. The van der Waals surface area contributed by atoms with Gasteiger partial charge >= 0.3 is 0 Å². The number of aliphatic hydroxyl groups is 1. The molecule has 3 aromatic rings. The van der Waals surface area contributed by atoms with Crippen molar-refractivity contribution in [2.75, 3.05) is 13.1 Å². The Morgan fingerprint density at radius 2 is 1.95 bits per heavy atom. The van der Waals surface area contributed by atoms with Crippen molar-refractivity contribution in [2.45, 2.75) is 51.9 Å². The van der Waals surface area contributed by atoms with Crippen molar-refractivity contribution >= 4 is 23.4 Å². The van der Waals surface area contributed by atoms with Crippen molar-refractivity contribution < 1.29 is 23.5 Å². The molecule has 0 saturated heterocycles. The zero-order valence-corrected chi connectivity index (χ0v) is 21.4. The lowest BCUT2D eigenvalue weighted by Crippen LogP contribution is -2.43. The van der Waals surface area contributed by atoms with Gasteiger partial charge in [0.1, 0.15) is 28.0 Å². The molecule has 194 valence electrons. The number of hydrogen-bond donors (Lipinski definition) is 1. The van der Waals surface area contributed by atoms with Gasteiger partial charge in [-0.15, -0.1) is 0 Å². The predicted molar refractivity (Wildman–Crippen MR) is 131 cm³/mol. The minimum Gasteiger partial charge on any atom is -0.384 e. The van der Waals surface area contributed by atoms with Crippen molar-refractivity contribution in [2.24, 2.45) is 0 Å². The van der Waals surface area contributed by atoms with Crippen LogP contribution in [0.1, 0.15) is 70.2 Å². The van der Waals surface area contributed by atoms with E-state index in [-0.39, 0.29) is 24.1 Å². The third-order valence-corrected chi connectivity index (χ3v) is 7.16. The molecule has 2 aromatic heterocycles. The molecule has 1 aromatic carbocycles. The Morgan fingerprint density at radius 1 is 1.24 bits per heavy atom. The Hall–Kier alpha value is -3.37. The Labute approximate surface area is 217 Å². The maximum absolute atomic E-state index is 14.0. The highest BCUT2D eigenvalue weighted by atomic mass is 35.5. The predicted octanol–water partition coefficient (Wildman–Crippen LogP) is 3.85. The summed E-state index contributed by atoms with van der Waals surface area (Å²) < 4.78 is 29.6. The normalized spacial score (nSPS) is 17.6. The van der Waals surface area contributed by atoms with Crippen molar-refractivity contribution in [3.8, 4) is 0 Å². The van der Waals surface area contributed by atoms with Gasteiger partial charge in [-0.3, -0.25) is 19.3 Å². The number of rotatable bonds is 4. The van der Waals surface area contributed by atoms with Gasteiger partial charge < -0.3 is 14.9 Å². The maximum atomic E-state index is 14.0. The smallest absolute Gasteiger partial charge is 0.272 e. The second kappa shape index (κ2) is 9.18. The van der Waals surface area contributed by atoms with Gasteiger partial charge in [0.15, 0.2) is 0 Å². The van der Waals surface area contributed by atoms with E-state index < -0.39 is 28.2 Å². The van der Waals surface area contributed by atoms with Crippen molar-refractivity contribution in [3.63, 3.8) is 0 Å². The summed E-state index contributed by atoms with van der Waals surface area (Å²) in [6.45, 7) is 6.47. The molecule has 2 amide bonds. The summed E-state index contributed by atoms with van der Waals surface area (Å²) in [6, 6.07) is 5.33. The maximum Gasteiger partial charge on any atom is 0.272 e. The van der Waals surface area contributed by atoms with E-state index in [2.05, 4.69) is 10.1 Å². The van der Waals surface area contributed by atoms with E-state index in [0.29, 0.717) is 43.0 Å². The van der Waals surface area contributed by atoms with Crippen LogP contribution in [0, 0.1) is 11.6 Å². The fourth-order valence-corrected chi connectivity index (χ4v) is 4.95. The summed E-state index contributed by atoms with van der Waals surface area (Å²) in [5.74, 6) is -2.77. The van der Waals surface area contributed by atoms with Crippen molar-refractivity contribution in [3.05, 3.63) is 80.9 Å². The summed E-state index contributed by atoms with van der Waals surface area (Å²) >= 11 is 5.56. The summed E-state index contributed by atoms with van der Waals surface area (Å²) in [5, 5.41) is 14.1. The minimum absolute atomic E-state index is 0.0921. The third-order valence-electron chi connectivity index (χ3n) is 6.79. The molecule has 8 nitrogen and oxygen atoms in total. The molecule has 0 bridgehead atoms. The van der Waals surface area contributed by atoms with Gasteiger partial charge in [0, 0.05) is 43.4 Å². The van der Waals surface area contributed by atoms with Crippen LogP contribution in [0.25, 0.3) is 0 Å². The van der Waals surface area contributed by atoms with Gasteiger partial charge in [0.25, 0.3) is 11.8 Å². The second-order valence-corrected chi connectivity index (χ2v) is 10.5. The second-order valence-electron chi connectivity index (χ2n) is 10.1. The fourth-order valence-electron chi connectivity index (χ4n) is 4.84. The minimum atomic E-state index is -1.06. The number of amides is 2. The van der Waals surface area contributed by atoms with Gasteiger partial charge in [0.05, 0.1) is 24.0 Å². The highest BCUT2D eigenvalue weighted by Crippen LogP contribution is 2.31. The standard InChI is InChI=1S/C26H26ClF2N5O3/c1-14-11-33(12-15-4-5-21(30-10-15)26(2,3)37)25(36)23-17-13-32(7-6-20(17)31-34(14)23)24(35)16-8-18(28)22(27)19(29)9-16/h4-5,8-10,14,37H,6-7,11-13H2,1-3H3/t14-/m1/s1. The SMILES string of the molecule is C[C@@H]1CN(Cc2ccc(C(C)(C)O)nc2)C(=O)c2c3c(nn21)CCN(C(=O)c1cc(F)c(Cl)c(F)c1)C3. The zero-order chi connectivity index (χ0) is 26.6. The van der Waals surface area contributed by atoms with E-state index >= 15 is 0 Å². The zero-order valence-electron chi connectivity index (χ0n) is 20.6. The van der Waals surface area contributed by atoms with Crippen LogP contribution in [0.15, 0.2) is 30.5 Å². The number of pyridine rings is 1. The molecule has 0 saturated carbocycles. The molecule has 2 aliphatic heterocycles. The molecule has 0 aliphatic carbocycles. The van der Waals surface area contributed by atoms with E-state index in [4.69, 9.17) is 11.6 Å². The Kier molecular flexibility index (Phi) is 6.27. The number of carbonyl (C=O) groups is 2. The molecule has 1 atom stereocenters. The third kappa shape index (κ3) is 4.59.